The third kappa shape index (κ3) is 4.62. The summed E-state index contributed by atoms with van der Waals surface area (Å²) in [6.45, 7) is 2.10. The van der Waals surface area contributed by atoms with E-state index in [0.717, 1.165) is 0 Å². The van der Waals surface area contributed by atoms with Crippen molar-refractivity contribution in [2.75, 3.05) is 20.8 Å². The lowest BCUT2D eigenvalue weighted by Crippen LogP contribution is -2.22. The molecule has 0 bridgehead atoms. The Morgan fingerprint density at radius 1 is 1.31 bits per heavy atom. The van der Waals surface area contributed by atoms with Crippen LogP contribution in [0.3, 0.4) is 0 Å². The van der Waals surface area contributed by atoms with Gasteiger partial charge in [-0.05, 0) is 13.3 Å². The molecule has 4 heteroatoms. The molecule has 13 heavy (non-hydrogen) atoms. The van der Waals surface area contributed by atoms with Crippen LogP contribution in [0, 0.1) is 5.92 Å². The van der Waals surface area contributed by atoms with Gasteiger partial charge in [-0.25, -0.2) is 0 Å². The molecule has 0 aromatic rings. The van der Waals surface area contributed by atoms with Crippen LogP contribution in [0.25, 0.3) is 0 Å². The molecule has 0 heterocycles. The maximum absolute atomic E-state index is 11.3. The Labute approximate surface area is 78.2 Å². The van der Waals surface area contributed by atoms with Gasteiger partial charge < -0.3 is 9.47 Å². The zero-order valence-electron chi connectivity index (χ0n) is 8.33. The minimum atomic E-state index is -0.651. The van der Waals surface area contributed by atoms with Crippen LogP contribution in [-0.4, -0.2) is 32.6 Å². The molecule has 0 aromatic carbocycles. The van der Waals surface area contributed by atoms with Crippen molar-refractivity contribution >= 4 is 11.8 Å². The molecule has 4 nitrogen and oxygen atoms in total. The van der Waals surface area contributed by atoms with Crippen molar-refractivity contribution in [3.05, 3.63) is 0 Å². The summed E-state index contributed by atoms with van der Waals surface area (Å²) in [6.07, 6.45) is 1.01. The van der Waals surface area contributed by atoms with Gasteiger partial charge in [-0.15, -0.1) is 0 Å². The average Bonchev–Trinajstić information content (AvgIpc) is 2.15. The quantitative estimate of drug-likeness (QED) is 0.351. The number of rotatable bonds is 6. The third-order valence-corrected chi connectivity index (χ3v) is 1.81. The fourth-order valence-corrected chi connectivity index (χ4v) is 0.915. The Bertz CT molecular complexity index is 176. The SMILES string of the molecule is COCCCC(=O)C(C)C(=O)OC. The van der Waals surface area contributed by atoms with Crippen LogP contribution >= 0.6 is 0 Å². The first kappa shape index (κ1) is 12.1. The van der Waals surface area contributed by atoms with Crippen LogP contribution < -0.4 is 0 Å². The number of esters is 1. The van der Waals surface area contributed by atoms with Crippen molar-refractivity contribution in [2.24, 2.45) is 5.92 Å². The molecule has 0 spiro atoms. The second-order valence-corrected chi connectivity index (χ2v) is 2.81. The van der Waals surface area contributed by atoms with E-state index in [1.165, 1.54) is 7.11 Å². The zero-order chi connectivity index (χ0) is 10.3. The summed E-state index contributed by atoms with van der Waals surface area (Å²) in [4.78, 5) is 22.2. The van der Waals surface area contributed by atoms with Gasteiger partial charge in [0.05, 0.1) is 7.11 Å². The molecular weight excluding hydrogens is 172 g/mol. The number of ketones is 1. The maximum Gasteiger partial charge on any atom is 0.315 e. The Morgan fingerprint density at radius 2 is 1.92 bits per heavy atom. The minimum absolute atomic E-state index is 0.0936. The molecule has 0 saturated carbocycles. The van der Waals surface area contributed by atoms with Crippen molar-refractivity contribution in [3.63, 3.8) is 0 Å². The maximum atomic E-state index is 11.3. The van der Waals surface area contributed by atoms with Gasteiger partial charge in [0.15, 0.2) is 0 Å². The van der Waals surface area contributed by atoms with Crippen molar-refractivity contribution in [3.8, 4) is 0 Å². The standard InChI is InChI=1S/C9H16O4/c1-7(9(11)13-3)8(10)5-4-6-12-2/h7H,4-6H2,1-3H3. The fraction of sp³-hybridized carbons (Fsp3) is 0.778. The van der Waals surface area contributed by atoms with E-state index >= 15 is 0 Å². The number of methoxy groups -OCH3 is 2. The van der Waals surface area contributed by atoms with Crippen LogP contribution in [0.4, 0.5) is 0 Å². The molecule has 0 amide bonds. The van der Waals surface area contributed by atoms with Crippen LogP contribution in [-0.2, 0) is 19.1 Å². The Kier molecular flexibility index (Phi) is 6.14. The van der Waals surface area contributed by atoms with Gasteiger partial charge in [-0.1, -0.05) is 0 Å². The van der Waals surface area contributed by atoms with Crippen LogP contribution in [0.15, 0.2) is 0 Å². The van der Waals surface area contributed by atoms with Gasteiger partial charge in [-0.3, -0.25) is 9.59 Å². The van der Waals surface area contributed by atoms with E-state index in [1.807, 2.05) is 0 Å². The van der Waals surface area contributed by atoms with E-state index in [-0.39, 0.29) is 5.78 Å². The first-order chi connectivity index (χ1) is 6.13. The van der Waals surface area contributed by atoms with E-state index in [4.69, 9.17) is 4.74 Å². The Morgan fingerprint density at radius 3 is 2.38 bits per heavy atom. The minimum Gasteiger partial charge on any atom is -0.468 e. The first-order valence-electron chi connectivity index (χ1n) is 4.23. The van der Waals surface area contributed by atoms with Gasteiger partial charge in [-0.2, -0.15) is 0 Å². The first-order valence-corrected chi connectivity index (χ1v) is 4.23. The van der Waals surface area contributed by atoms with Gasteiger partial charge in [0.1, 0.15) is 11.7 Å². The van der Waals surface area contributed by atoms with Gasteiger partial charge in [0, 0.05) is 20.1 Å². The van der Waals surface area contributed by atoms with Gasteiger partial charge in [0.25, 0.3) is 0 Å². The normalized spacial score (nSPS) is 12.2. The monoisotopic (exact) mass is 188 g/mol. The summed E-state index contributed by atoms with van der Waals surface area (Å²) in [7, 11) is 2.86. The summed E-state index contributed by atoms with van der Waals surface area (Å²) in [6, 6.07) is 0. The second kappa shape index (κ2) is 6.60. The number of hydrogen-bond acceptors (Lipinski definition) is 4. The molecule has 1 unspecified atom stereocenters. The molecular formula is C9H16O4. The molecule has 0 radical (unpaired) electrons. The molecule has 0 aliphatic rings. The summed E-state index contributed by atoms with van der Waals surface area (Å²) in [5, 5.41) is 0. The lowest BCUT2D eigenvalue weighted by molar-refractivity contribution is -0.148. The highest BCUT2D eigenvalue weighted by Crippen LogP contribution is 2.05. The smallest absolute Gasteiger partial charge is 0.315 e. The second-order valence-electron chi connectivity index (χ2n) is 2.81. The molecule has 0 aliphatic heterocycles. The zero-order valence-corrected chi connectivity index (χ0v) is 8.33. The highest BCUT2D eigenvalue weighted by molar-refractivity contribution is 5.98. The van der Waals surface area contributed by atoms with E-state index < -0.39 is 11.9 Å². The molecule has 0 fully saturated rings. The summed E-state index contributed by atoms with van der Waals surface area (Å²) in [5.74, 6) is -1.21. The van der Waals surface area contributed by atoms with E-state index in [9.17, 15) is 9.59 Å². The predicted octanol–water partition coefficient (Wildman–Crippen LogP) is 0.791. The molecule has 0 saturated heterocycles. The van der Waals surface area contributed by atoms with Gasteiger partial charge in [0.2, 0.25) is 0 Å². The summed E-state index contributed by atoms with van der Waals surface area (Å²) >= 11 is 0. The van der Waals surface area contributed by atoms with Crippen LogP contribution in [0.2, 0.25) is 0 Å². The number of carbonyl (C=O) groups is 2. The van der Waals surface area contributed by atoms with E-state index in [2.05, 4.69) is 4.74 Å². The third-order valence-electron chi connectivity index (χ3n) is 1.81. The molecule has 0 rings (SSSR count). The highest BCUT2D eigenvalue weighted by atomic mass is 16.5. The molecule has 76 valence electrons. The van der Waals surface area contributed by atoms with Crippen LogP contribution in [0.5, 0.6) is 0 Å². The number of ether oxygens (including phenoxy) is 2. The van der Waals surface area contributed by atoms with E-state index in [1.54, 1.807) is 14.0 Å². The van der Waals surface area contributed by atoms with Crippen molar-refractivity contribution in [1.29, 1.82) is 0 Å². The number of carbonyl (C=O) groups excluding carboxylic acids is 2. The molecule has 0 aromatic heterocycles. The summed E-state index contributed by atoms with van der Waals surface area (Å²) < 4.78 is 9.24. The lowest BCUT2D eigenvalue weighted by atomic mass is 10.0. The van der Waals surface area contributed by atoms with Crippen molar-refractivity contribution in [1.82, 2.24) is 0 Å². The fourth-order valence-electron chi connectivity index (χ4n) is 0.915. The Hall–Kier alpha value is -0.900. The average molecular weight is 188 g/mol. The van der Waals surface area contributed by atoms with E-state index in [0.29, 0.717) is 19.4 Å². The Balaban J connectivity index is 3.76. The van der Waals surface area contributed by atoms with Crippen LogP contribution in [0.1, 0.15) is 19.8 Å². The topological polar surface area (TPSA) is 52.6 Å². The highest BCUT2D eigenvalue weighted by Gasteiger charge is 2.20. The number of Topliss-reactive ketones (excluding diaryl/α,β-unsaturated/α-hetero) is 1. The largest absolute Gasteiger partial charge is 0.468 e. The lowest BCUT2D eigenvalue weighted by Gasteiger charge is -2.07. The van der Waals surface area contributed by atoms with Crippen molar-refractivity contribution in [2.45, 2.75) is 19.8 Å². The molecule has 1 atom stereocenters. The molecule has 0 aliphatic carbocycles. The molecule has 0 N–H and O–H groups in total. The van der Waals surface area contributed by atoms with Crippen molar-refractivity contribution < 1.29 is 19.1 Å². The predicted molar refractivity (Wildman–Crippen MR) is 47.3 cm³/mol. The summed E-state index contributed by atoms with van der Waals surface area (Å²) in [5.41, 5.74) is 0. The van der Waals surface area contributed by atoms with Gasteiger partial charge >= 0.3 is 5.97 Å². The number of hydrogen-bond donors (Lipinski definition) is 0.